The fraction of sp³-hybridized carbons (Fsp3) is 0.500. The number of hydrogen-bond donors (Lipinski definition) is 2. The zero-order valence-corrected chi connectivity index (χ0v) is 15.2. The minimum absolute atomic E-state index is 0. The third kappa shape index (κ3) is 5.87. The van der Waals surface area contributed by atoms with E-state index in [1.54, 1.807) is 12.1 Å². The second-order valence-corrected chi connectivity index (χ2v) is 7.76. The highest BCUT2D eigenvalue weighted by molar-refractivity contribution is 9.10. The molecule has 0 saturated carbocycles. The van der Waals surface area contributed by atoms with Crippen LogP contribution in [0, 0.1) is 5.92 Å². The lowest BCUT2D eigenvalue weighted by atomic mass is 10.1. The van der Waals surface area contributed by atoms with Crippen molar-refractivity contribution in [3.63, 3.8) is 0 Å². The highest BCUT2D eigenvalue weighted by Crippen LogP contribution is 2.25. The summed E-state index contributed by atoms with van der Waals surface area (Å²) in [6, 6.07) is 4.42. The first-order valence-electron chi connectivity index (χ1n) is 5.93. The molecular formula is C12H19BrCl2N2O2S. The summed E-state index contributed by atoms with van der Waals surface area (Å²) in [6.45, 7) is 4.29. The number of rotatable bonds is 6. The Labute approximate surface area is 140 Å². The van der Waals surface area contributed by atoms with Gasteiger partial charge in [0.1, 0.15) is 4.90 Å². The number of nitrogens with two attached hydrogens (primary N) is 1. The van der Waals surface area contributed by atoms with Gasteiger partial charge in [0.15, 0.2) is 0 Å². The van der Waals surface area contributed by atoms with Crippen LogP contribution in [0.1, 0.15) is 20.3 Å². The Bertz CT molecular complexity index is 538. The van der Waals surface area contributed by atoms with Gasteiger partial charge in [-0.15, -0.1) is 12.4 Å². The van der Waals surface area contributed by atoms with Gasteiger partial charge < -0.3 is 5.73 Å². The maximum absolute atomic E-state index is 12.3. The van der Waals surface area contributed by atoms with E-state index < -0.39 is 10.0 Å². The van der Waals surface area contributed by atoms with Gasteiger partial charge in [-0.3, -0.25) is 0 Å². The minimum atomic E-state index is -3.66. The molecule has 1 unspecified atom stereocenters. The number of benzene rings is 1. The van der Waals surface area contributed by atoms with Crippen LogP contribution in [0.5, 0.6) is 0 Å². The van der Waals surface area contributed by atoms with E-state index in [1.807, 2.05) is 13.8 Å². The maximum atomic E-state index is 12.3. The first kappa shape index (κ1) is 20.1. The van der Waals surface area contributed by atoms with Crippen molar-refractivity contribution in [2.45, 2.75) is 31.2 Å². The molecule has 0 aliphatic heterocycles. The van der Waals surface area contributed by atoms with E-state index in [4.69, 9.17) is 17.3 Å². The summed E-state index contributed by atoms with van der Waals surface area (Å²) < 4.78 is 27.8. The van der Waals surface area contributed by atoms with Crippen molar-refractivity contribution < 1.29 is 8.42 Å². The van der Waals surface area contributed by atoms with Gasteiger partial charge in [0.2, 0.25) is 10.0 Å². The smallest absolute Gasteiger partial charge is 0.242 e. The standard InChI is InChI=1S/C12H18BrClN2O2S.ClH/c1-8(2)5-10(7-15)16-19(17,18)12-6-9(13)3-4-11(12)14;/h3-4,6,8,10,16H,5,7,15H2,1-2H3;1H. The van der Waals surface area contributed by atoms with Crippen LogP contribution in [0.2, 0.25) is 5.02 Å². The second kappa shape index (κ2) is 8.56. The summed E-state index contributed by atoms with van der Waals surface area (Å²) in [6.07, 6.45) is 0.682. The van der Waals surface area contributed by atoms with E-state index >= 15 is 0 Å². The van der Waals surface area contributed by atoms with Gasteiger partial charge in [-0.25, -0.2) is 13.1 Å². The SMILES string of the molecule is CC(C)CC(CN)NS(=O)(=O)c1cc(Br)ccc1Cl.Cl. The number of halogens is 3. The molecule has 116 valence electrons. The van der Waals surface area contributed by atoms with Crippen LogP contribution < -0.4 is 10.5 Å². The van der Waals surface area contributed by atoms with Gasteiger partial charge in [0, 0.05) is 17.1 Å². The Morgan fingerprint density at radius 2 is 2.00 bits per heavy atom. The Morgan fingerprint density at radius 1 is 1.40 bits per heavy atom. The second-order valence-electron chi connectivity index (χ2n) is 4.76. The van der Waals surface area contributed by atoms with Crippen molar-refractivity contribution in [3.8, 4) is 0 Å². The van der Waals surface area contributed by atoms with E-state index in [0.717, 1.165) is 0 Å². The first-order valence-corrected chi connectivity index (χ1v) is 8.59. The molecule has 0 aliphatic carbocycles. The van der Waals surface area contributed by atoms with Crippen molar-refractivity contribution in [1.29, 1.82) is 0 Å². The van der Waals surface area contributed by atoms with Gasteiger partial charge in [-0.05, 0) is 30.5 Å². The Morgan fingerprint density at radius 3 is 2.50 bits per heavy atom. The summed E-state index contributed by atoms with van der Waals surface area (Å²) in [5.74, 6) is 0.356. The number of hydrogen-bond acceptors (Lipinski definition) is 3. The monoisotopic (exact) mass is 404 g/mol. The van der Waals surface area contributed by atoms with Crippen LogP contribution in [-0.2, 0) is 10.0 Å². The Balaban J connectivity index is 0.00000361. The summed E-state index contributed by atoms with van der Waals surface area (Å²) in [5.41, 5.74) is 5.61. The van der Waals surface area contributed by atoms with Crippen LogP contribution in [0.3, 0.4) is 0 Å². The fourth-order valence-electron chi connectivity index (χ4n) is 1.73. The van der Waals surface area contributed by atoms with E-state index in [9.17, 15) is 8.42 Å². The molecule has 0 amide bonds. The predicted molar refractivity (Wildman–Crippen MR) is 89.0 cm³/mol. The molecule has 0 heterocycles. The molecule has 0 fully saturated rings. The van der Waals surface area contributed by atoms with Crippen LogP contribution >= 0.6 is 39.9 Å². The third-order valence-corrected chi connectivity index (χ3v) is 5.04. The lowest BCUT2D eigenvalue weighted by Crippen LogP contribution is -2.41. The zero-order chi connectivity index (χ0) is 14.6. The topological polar surface area (TPSA) is 72.2 Å². The van der Waals surface area contributed by atoms with E-state index in [2.05, 4.69) is 20.7 Å². The lowest BCUT2D eigenvalue weighted by Gasteiger charge is -2.19. The average molecular weight is 406 g/mol. The first-order chi connectivity index (χ1) is 8.76. The molecule has 0 aromatic heterocycles. The van der Waals surface area contributed by atoms with Gasteiger partial charge in [0.25, 0.3) is 0 Å². The quantitative estimate of drug-likeness (QED) is 0.763. The highest BCUT2D eigenvalue weighted by atomic mass is 79.9. The number of sulfonamides is 1. The summed E-state index contributed by atoms with van der Waals surface area (Å²) >= 11 is 9.18. The molecule has 1 aromatic rings. The highest BCUT2D eigenvalue weighted by Gasteiger charge is 2.22. The molecule has 4 nitrogen and oxygen atoms in total. The fourth-order valence-corrected chi connectivity index (χ4v) is 4.03. The van der Waals surface area contributed by atoms with Gasteiger partial charge in [0.05, 0.1) is 5.02 Å². The molecule has 8 heteroatoms. The third-order valence-electron chi connectivity index (χ3n) is 2.55. The molecule has 0 saturated heterocycles. The zero-order valence-electron chi connectivity index (χ0n) is 11.3. The number of nitrogens with one attached hydrogen (secondary N) is 1. The van der Waals surface area contributed by atoms with Crippen molar-refractivity contribution in [2.24, 2.45) is 11.7 Å². The van der Waals surface area contributed by atoms with Crippen LogP contribution in [0.15, 0.2) is 27.6 Å². The average Bonchev–Trinajstić information content (AvgIpc) is 2.30. The minimum Gasteiger partial charge on any atom is -0.329 e. The van der Waals surface area contributed by atoms with Crippen molar-refractivity contribution in [2.75, 3.05) is 6.54 Å². The van der Waals surface area contributed by atoms with Crippen LogP contribution in [0.25, 0.3) is 0 Å². The Kier molecular flexibility index (Phi) is 8.62. The molecule has 0 bridgehead atoms. The molecule has 0 aliphatic rings. The summed E-state index contributed by atoms with van der Waals surface area (Å²) in [4.78, 5) is 0.0609. The van der Waals surface area contributed by atoms with Crippen LogP contribution in [-0.4, -0.2) is 21.0 Å². The maximum Gasteiger partial charge on any atom is 0.242 e. The largest absolute Gasteiger partial charge is 0.329 e. The molecule has 1 aromatic carbocycles. The Hall–Kier alpha value is 0.150. The molecule has 1 atom stereocenters. The van der Waals surface area contributed by atoms with Crippen LogP contribution in [0.4, 0.5) is 0 Å². The van der Waals surface area contributed by atoms with Gasteiger partial charge in [-0.2, -0.15) is 0 Å². The summed E-state index contributed by atoms with van der Waals surface area (Å²) in [7, 11) is -3.66. The predicted octanol–water partition coefficient (Wildman–Crippen LogP) is 3.18. The van der Waals surface area contributed by atoms with E-state index in [1.165, 1.54) is 6.07 Å². The van der Waals surface area contributed by atoms with Crippen molar-refractivity contribution in [3.05, 3.63) is 27.7 Å². The van der Waals surface area contributed by atoms with E-state index in [-0.39, 0.29) is 34.9 Å². The van der Waals surface area contributed by atoms with Gasteiger partial charge >= 0.3 is 0 Å². The molecule has 1 rings (SSSR count). The van der Waals surface area contributed by atoms with Crippen molar-refractivity contribution in [1.82, 2.24) is 4.72 Å². The van der Waals surface area contributed by atoms with E-state index in [0.29, 0.717) is 16.8 Å². The molecule has 0 spiro atoms. The molecule has 20 heavy (non-hydrogen) atoms. The normalized spacial score (nSPS) is 13.1. The summed E-state index contributed by atoms with van der Waals surface area (Å²) in [5, 5.41) is 0.191. The van der Waals surface area contributed by atoms with Crippen molar-refractivity contribution >= 4 is 50.0 Å². The lowest BCUT2D eigenvalue weighted by molar-refractivity contribution is 0.465. The molecular weight excluding hydrogens is 387 g/mol. The van der Waals surface area contributed by atoms with Gasteiger partial charge in [-0.1, -0.05) is 41.4 Å². The molecule has 3 N–H and O–H groups in total. The molecule has 0 radical (unpaired) electrons.